The van der Waals surface area contributed by atoms with E-state index < -0.39 is 23.6 Å². The van der Waals surface area contributed by atoms with E-state index in [9.17, 15) is 19.2 Å². The van der Waals surface area contributed by atoms with Crippen LogP contribution in [0.25, 0.3) is 0 Å². The summed E-state index contributed by atoms with van der Waals surface area (Å²) in [6.07, 6.45) is 1.21. The molecule has 0 unspecified atom stereocenters. The van der Waals surface area contributed by atoms with Gasteiger partial charge in [-0.15, -0.1) is 0 Å². The van der Waals surface area contributed by atoms with Gasteiger partial charge in [-0.2, -0.15) is 5.10 Å². The lowest BCUT2D eigenvalue weighted by molar-refractivity contribution is -0.136. The molecule has 3 aromatic rings. The maximum absolute atomic E-state index is 12.0. The number of hydrazone groups is 1. The van der Waals surface area contributed by atoms with Crippen LogP contribution in [0.15, 0.2) is 70.2 Å². The molecule has 0 atom stereocenters. The Morgan fingerprint density at radius 3 is 2.00 bits per heavy atom. The topological polar surface area (TPSA) is 142 Å². The van der Waals surface area contributed by atoms with Gasteiger partial charge in [0.25, 0.3) is 0 Å². The van der Waals surface area contributed by atoms with Crippen molar-refractivity contribution in [2.75, 3.05) is 10.6 Å². The smallest absolute Gasteiger partial charge is 0.329 e. The molecule has 0 radical (unpaired) electrons. The molecular formula is C26H27N5O5. The van der Waals surface area contributed by atoms with Crippen molar-refractivity contribution in [3.63, 3.8) is 0 Å². The minimum absolute atomic E-state index is 0.0294. The molecule has 10 heteroatoms. The van der Waals surface area contributed by atoms with Crippen LogP contribution in [-0.2, 0) is 25.7 Å². The number of anilines is 2. The van der Waals surface area contributed by atoms with Gasteiger partial charge in [-0.3, -0.25) is 19.2 Å². The van der Waals surface area contributed by atoms with Gasteiger partial charge in [-0.1, -0.05) is 43.7 Å². The van der Waals surface area contributed by atoms with E-state index in [1.54, 1.807) is 36.4 Å². The van der Waals surface area contributed by atoms with Crippen LogP contribution in [0.3, 0.4) is 0 Å². The highest BCUT2D eigenvalue weighted by atomic mass is 16.3. The molecule has 4 N–H and O–H groups in total. The first-order valence-electron chi connectivity index (χ1n) is 11.2. The van der Waals surface area contributed by atoms with E-state index in [0.717, 1.165) is 11.1 Å². The summed E-state index contributed by atoms with van der Waals surface area (Å²) in [4.78, 5) is 48.0. The number of benzene rings is 2. The molecule has 1 heterocycles. The van der Waals surface area contributed by atoms with E-state index in [2.05, 4.69) is 40.3 Å². The first-order valence-corrected chi connectivity index (χ1v) is 11.2. The number of nitrogens with zero attached hydrogens (tertiary/aromatic N) is 1. The number of amides is 4. The monoisotopic (exact) mass is 489 g/mol. The third-order valence-corrected chi connectivity index (χ3v) is 5.02. The summed E-state index contributed by atoms with van der Waals surface area (Å²) in [7, 11) is 0. The molecule has 186 valence electrons. The standard InChI is InChI=1S/C26H27N5O5/c1-16(2)18-6-10-20(11-7-18)30-25(34)26(35)31-28-15-22-13-12-21(36-22)14-27-23(32)24(33)29-19-8-4-17(3)5-9-19/h4-13,15-16H,14H2,1-3H3,(H,27,32)(H,29,33)(H,30,34)(H,31,35)/b28-15+. The van der Waals surface area contributed by atoms with Crippen LogP contribution >= 0.6 is 0 Å². The van der Waals surface area contributed by atoms with E-state index in [-0.39, 0.29) is 12.3 Å². The molecule has 2 aromatic carbocycles. The Morgan fingerprint density at radius 2 is 1.39 bits per heavy atom. The van der Waals surface area contributed by atoms with Gasteiger partial charge in [0, 0.05) is 11.4 Å². The zero-order chi connectivity index (χ0) is 26.1. The number of hydrogen-bond donors (Lipinski definition) is 4. The lowest BCUT2D eigenvalue weighted by Gasteiger charge is -2.07. The van der Waals surface area contributed by atoms with Gasteiger partial charge in [0.05, 0.1) is 12.8 Å². The van der Waals surface area contributed by atoms with Crippen molar-refractivity contribution >= 4 is 41.2 Å². The van der Waals surface area contributed by atoms with Gasteiger partial charge in [0.2, 0.25) is 0 Å². The van der Waals surface area contributed by atoms with E-state index in [0.29, 0.717) is 23.1 Å². The summed E-state index contributed by atoms with van der Waals surface area (Å²) < 4.78 is 5.47. The number of nitrogens with one attached hydrogen (secondary N) is 4. The SMILES string of the molecule is Cc1ccc(NC(=O)C(=O)NCc2ccc(/C=N/NC(=O)C(=O)Nc3ccc(C(C)C)cc3)o2)cc1. The van der Waals surface area contributed by atoms with E-state index in [1.165, 1.54) is 6.21 Å². The first-order chi connectivity index (χ1) is 17.2. The Labute approximate surface area is 208 Å². The molecule has 10 nitrogen and oxygen atoms in total. The highest BCUT2D eigenvalue weighted by Gasteiger charge is 2.15. The molecule has 0 spiro atoms. The fourth-order valence-electron chi connectivity index (χ4n) is 2.98. The van der Waals surface area contributed by atoms with Gasteiger partial charge in [-0.25, -0.2) is 5.43 Å². The Hall–Kier alpha value is -4.73. The Kier molecular flexibility index (Phi) is 8.71. The van der Waals surface area contributed by atoms with Crippen molar-refractivity contribution in [1.29, 1.82) is 0 Å². The zero-order valence-corrected chi connectivity index (χ0v) is 20.1. The lowest BCUT2D eigenvalue weighted by atomic mass is 10.0. The predicted octanol–water partition coefficient (Wildman–Crippen LogP) is 3.06. The van der Waals surface area contributed by atoms with E-state index >= 15 is 0 Å². The van der Waals surface area contributed by atoms with Crippen LogP contribution in [0.2, 0.25) is 0 Å². The van der Waals surface area contributed by atoms with Crippen LogP contribution in [0, 0.1) is 6.92 Å². The van der Waals surface area contributed by atoms with Crippen molar-refractivity contribution in [2.45, 2.75) is 33.2 Å². The molecule has 0 saturated heterocycles. The fourth-order valence-corrected chi connectivity index (χ4v) is 2.98. The minimum Gasteiger partial charge on any atom is -0.458 e. The molecule has 0 aliphatic rings. The Bertz CT molecular complexity index is 1260. The number of aryl methyl sites for hydroxylation is 1. The van der Waals surface area contributed by atoms with E-state index in [1.807, 2.05) is 31.2 Å². The van der Waals surface area contributed by atoms with Crippen LogP contribution in [0.4, 0.5) is 11.4 Å². The number of rotatable bonds is 7. The van der Waals surface area contributed by atoms with Crippen LogP contribution in [-0.4, -0.2) is 29.8 Å². The molecule has 0 fully saturated rings. The van der Waals surface area contributed by atoms with Gasteiger partial charge in [-0.05, 0) is 54.8 Å². The Morgan fingerprint density at radius 1 is 0.806 bits per heavy atom. The van der Waals surface area contributed by atoms with Crippen LogP contribution in [0.1, 0.15) is 42.4 Å². The summed E-state index contributed by atoms with van der Waals surface area (Å²) in [6, 6.07) is 17.4. The number of carbonyl (C=O) groups excluding carboxylic acids is 4. The molecule has 4 amide bonds. The number of carbonyl (C=O) groups is 4. The third-order valence-electron chi connectivity index (χ3n) is 5.02. The van der Waals surface area contributed by atoms with Crippen molar-refractivity contribution in [3.05, 3.63) is 83.3 Å². The summed E-state index contributed by atoms with van der Waals surface area (Å²) in [5.74, 6) is -2.44. The largest absolute Gasteiger partial charge is 0.458 e. The summed E-state index contributed by atoms with van der Waals surface area (Å²) in [5.41, 5.74) is 5.27. The summed E-state index contributed by atoms with van der Waals surface area (Å²) in [6.45, 7) is 6.00. The third kappa shape index (κ3) is 7.66. The maximum Gasteiger partial charge on any atom is 0.329 e. The molecule has 0 aliphatic heterocycles. The maximum atomic E-state index is 12.0. The average Bonchev–Trinajstić information content (AvgIpc) is 3.31. The molecule has 0 bridgehead atoms. The molecule has 1 aromatic heterocycles. The summed E-state index contributed by atoms with van der Waals surface area (Å²) in [5, 5.41) is 11.2. The first kappa shape index (κ1) is 25.9. The molecule has 0 aliphatic carbocycles. The van der Waals surface area contributed by atoms with Gasteiger partial charge < -0.3 is 20.4 Å². The Balaban J connectivity index is 1.42. The lowest BCUT2D eigenvalue weighted by Crippen LogP contribution is -2.34. The van der Waals surface area contributed by atoms with Gasteiger partial charge in [0.15, 0.2) is 0 Å². The fraction of sp³-hybridized carbons (Fsp3) is 0.192. The number of furan rings is 1. The second kappa shape index (κ2) is 12.1. The van der Waals surface area contributed by atoms with Crippen molar-refractivity contribution in [1.82, 2.24) is 10.7 Å². The van der Waals surface area contributed by atoms with Gasteiger partial charge in [0.1, 0.15) is 11.5 Å². The van der Waals surface area contributed by atoms with Crippen molar-refractivity contribution in [2.24, 2.45) is 5.10 Å². The van der Waals surface area contributed by atoms with E-state index in [4.69, 9.17) is 4.42 Å². The van der Waals surface area contributed by atoms with Crippen LogP contribution in [0.5, 0.6) is 0 Å². The van der Waals surface area contributed by atoms with Gasteiger partial charge >= 0.3 is 23.6 Å². The molecule has 36 heavy (non-hydrogen) atoms. The molecular weight excluding hydrogens is 462 g/mol. The highest BCUT2D eigenvalue weighted by Crippen LogP contribution is 2.17. The second-order valence-corrected chi connectivity index (χ2v) is 8.24. The highest BCUT2D eigenvalue weighted by molar-refractivity contribution is 6.40. The number of hydrogen-bond acceptors (Lipinski definition) is 6. The minimum atomic E-state index is -0.946. The van der Waals surface area contributed by atoms with Crippen LogP contribution < -0.4 is 21.4 Å². The predicted molar refractivity (Wildman–Crippen MR) is 135 cm³/mol. The zero-order valence-electron chi connectivity index (χ0n) is 20.1. The molecule has 0 saturated carbocycles. The quantitative estimate of drug-likeness (QED) is 0.229. The summed E-state index contributed by atoms with van der Waals surface area (Å²) >= 11 is 0. The van der Waals surface area contributed by atoms with Crippen molar-refractivity contribution < 1.29 is 23.6 Å². The average molecular weight is 490 g/mol. The second-order valence-electron chi connectivity index (χ2n) is 8.24. The normalized spacial score (nSPS) is 10.8. The molecule has 3 rings (SSSR count). The van der Waals surface area contributed by atoms with Crippen molar-refractivity contribution in [3.8, 4) is 0 Å².